The Hall–Kier alpha value is -1.59. The van der Waals surface area contributed by atoms with Crippen LogP contribution in [-0.4, -0.2) is 52.0 Å². The van der Waals surface area contributed by atoms with Gasteiger partial charge in [-0.25, -0.2) is 0 Å². The molecule has 0 aliphatic carbocycles. The summed E-state index contributed by atoms with van der Waals surface area (Å²) in [6.45, 7) is 3.30. The number of ether oxygens (including phenoxy) is 2. The number of rotatable bonds is 4. The molecule has 5 heteroatoms. The first-order valence-corrected chi connectivity index (χ1v) is 7.50. The second-order valence-electron chi connectivity index (χ2n) is 5.56. The number of benzene rings is 1. The Balaban J connectivity index is 1.80. The number of amides is 1. The molecule has 1 fully saturated rings. The van der Waals surface area contributed by atoms with Gasteiger partial charge in [-0.3, -0.25) is 4.79 Å². The lowest BCUT2D eigenvalue weighted by atomic mass is 9.84. The average molecular weight is 290 g/mol. The van der Waals surface area contributed by atoms with Gasteiger partial charge in [0.2, 0.25) is 5.91 Å². The molecule has 2 heterocycles. The Kier molecular flexibility index (Phi) is 4.41. The number of nitrogens with zero attached hydrogens (tertiary/aromatic N) is 1. The highest BCUT2D eigenvalue weighted by Crippen LogP contribution is 2.35. The molecule has 2 atom stereocenters. The zero-order valence-corrected chi connectivity index (χ0v) is 12.4. The molecule has 114 valence electrons. The number of hydrogen-bond donors (Lipinski definition) is 1. The molecule has 1 saturated heterocycles. The molecular weight excluding hydrogens is 268 g/mol. The Morgan fingerprint density at radius 1 is 1.48 bits per heavy atom. The third-order valence-corrected chi connectivity index (χ3v) is 4.31. The van der Waals surface area contributed by atoms with Gasteiger partial charge in [0.05, 0.1) is 31.8 Å². The van der Waals surface area contributed by atoms with Crippen LogP contribution in [0, 0.1) is 5.92 Å². The van der Waals surface area contributed by atoms with Crippen molar-refractivity contribution in [1.82, 2.24) is 5.32 Å². The lowest BCUT2D eigenvalue weighted by molar-refractivity contribution is -0.127. The summed E-state index contributed by atoms with van der Waals surface area (Å²) in [6, 6.07) is 8.50. The first-order valence-electron chi connectivity index (χ1n) is 7.50. The van der Waals surface area contributed by atoms with Gasteiger partial charge in [-0.05, 0) is 18.1 Å². The van der Waals surface area contributed by atoms with Crippen molar-refractivity contribution < 1.29 is 14.3 Å². The van der Waals surface area contributed by atoms with Crippen molar-refractivity contribution in [3.05, 3.63) is 29.8 Å². The molecular formula is C16H22N2O3. The largest absolute Gasteiger partial charge is 0.383 e. The number of carbonyl (C=O) groups excluding carboxylic acids is 1. The maximum absolute atomic E-state index is 12.5. The fraction of sp³-hybridized carbons (Fsp3) is 0.562. The van der Waals surface area contributed by atoms with E-state index in [1.165, 1.54) is 11.3 Å². The van der Waals surface area contributed by atoms with Gasteiger partial charge < -0.3 is 19.7 Å². The number of para-hydroxylation sites is 1. The van der Waals surface area contributed by atoms with Gasteiger partial charge in [0.1, 0.15) is 0 Å². The molecule has 0 bridgehead atoms. The minimum absolute atomic E-state index is 0.0583. The summed E-state index contributed by atoms with van der Waals surface area (Å²) in [5, 5.41) is 2.97. The molecule has 1 aromatic carbocycles. The van der Waals surface area contributed by atoms with Crippen molar-refractivity contribution in [2.75, 3.05) is 44.9 Å². The Bertz CT molecular complexity index is 506. The van der Waals surface area contributed by atoms with Crippen molar-refractivity contribution in [2.45, 2.75) is 12.5 Å². The normalized spacial score (nSPS) is 24.1. The van der Waals surface area contributed by atoms with Gasteiger partial charge in [0.15, 0.2) is 0 Å². The van der Waals surface area contributed by atoms with Crippen molar-refractivity contribution in [1.29, 1.82) is 0 Å². The van der Waals surface area contributed by atoms with Crippen LogP contribution in [0.2, 0.25) is 0 Å². The highest BCUT2D eigenvalue weighted by atomic mass is 16.5. The molecule has 1 amide bonds. The van der Waals surface area contributed by atoms with Gasteiger partial charge in [-0.2, -0.15) is 0 Å². The van der Waals surface area contributed by atoms with E-state index >= 15 is 0 Å². The molecule has 1 N–H and O–H groups in total. The van der Waals surface area contributed by atoms with E-state index in [-0.39, 0.29) is 17.9 Å². The van der Waals surface area contributed by atoms with E-state index in [1.807, 2.05) is 6.07 Å². The van der Waals surface area contributed by atoms with E-state index < -0.39 is 0 Å². The zero-order valence-electron chi connectivity index (χ0n) is 12.4. The van der Waals surface area contributed by atoms with Crippen LogP contribution in [0.25, 0.3) is 0 Å². The van der Waals surface area contributed by atoms with Crippen LogP contribution < -0.4 is 10.2 Å². The highest BCUT2D eigenvalue weighted by molar-refractivity contribution is 5.82. The van der Waals surface area contributed by atoms with Gasteiger partial charge >= 0.3 is 0 Å². The Morgan fingerprint density at radius 2 is 2.33 bits per heavy atom. The van der Waals surface area contributed by atoms with Gasteiger partial charge in [0.25, 0.3) is 0 Å². The van der Waals surface area contributed by atoms with E-state index in [2.05, 4.69) is 28.4 Å². The van der Waals surface area contributed by atoms with Crippen LogP contribution in [0.3, 0.4) is 0 Å². The number of carbonyl (C=O) groups is 1. The van der Waals surface area contributed by atoms with Crippen molar-refractivity contribution in [2.24, 2.45) is 5.92 Å². The van der Waals surface area contributed by atoms with Crippen molar-refractivity contribution >= 4 is 11.6 Å². The molecule has 0 unspecified atom stereocenters. The van der Waals surface area contributed by atoms with E-state index in [4.69, 9.17) is 9.47 Å². The summed E-state index contributed by atoms with van der Waals surface area (Å²) in [7, 11) is 1.64. The lowest BCUT2D eigenvalue weighted by Gasteiger charge is -2.45. The third-order valence-electron chi connectivity index (χ3n) is 4.31. The summed E-state index contributed by atoms with van der Waals surface area (Å²) >= 11 is 0. The predicted octanol–water partition coefficient (Wildman–Crippen LogP) is 0.827. The van der Waals surface area contributed by atoms with Crippen molar-refractivity contribution in [3.63, 3.8) is 0 Å². The topological polar surface area (TPSA) is 50.8 Å². The lowest BCUT2D eigenvalue weighted by Crippen LogP contribution is -2.56. The van der Waals surface area contributed by atoms with E-state index in [0.717, 1.165) is 19.6 Å². The van der Waals surface area contributed by atoms with Crippen LogP contribution in [0.5, 0.6) is 0 Å². The van der Waals surface area contributed by atoms with Gasteiger partial charge in [-0.1, -0.05) is 18.2 Å². The number of hydrogen-bond acceptors (Lipinski definition) is 4. The minimum atomic E-state index is -0.0583. The first-order chi connectivity index (χ1) is 10.3. The molecule has 2 aliphatic heterocycles. The quantitative estimate of drug-likeness (QED) is 0.835. The summed E-state index contributed by atoms with van der Waals surface area (Å²) < 4.78 is 10.6. The molecule has 1 aromatic rings. The molecule has 2 aliphatic rings. The summed E-state index contributed by atoms with van der Waals surface area (Å²) in [5.74, 6) is 0.0408. The maximum Gasteiger partial charge on any atom is 0.225 e. The minimum Gasteiger partial charge on any atom is -0.383 e. The predicted molar refractivity (Wildman–Crippen MR) is 80.5 cm³/mol. The Morgan fingerprint density at radius 3 is 3.19 bits per heavy atom. The monoisotopic (exact) mass is 290 g/mol. The maximum atomic E-state index is 12.5. The molecule has 0 aromatic heterocycles. The molecule has 3 rings (SSSR count). The van der Waals surface area contributed by atoms with Crippen LogP contribution in [0.1, 0.15) is 5.56 Å². The summed E-state index contributed by atoms with van der Waals surface area (Å²) in [5.41, 5.74) is 2.51. The zero-order chi connectivity index (χ0) is 14.7. The summed E-state index contributed by atoms with van der Waals surface area (Å²) in [6.07, 6.45) is 0.777. The van der Waals surface area contributed by atoms with Crippen LogP contribution in [0.4, 0.5) is 5.69 Å². The molecule has 0 spiro atoms. The van der Waals surface area contributed by atoms with Crippen LogP contribution in [0.15, 0.2) is 24.3 Å². The standard InChI is InChI=1S/C16H22N2O3/c1-20-8-6-17-16(19)13-10-12-4-2-3-5-14(12)18-7-9-21-11-15(13)18/h2-5,13,15H,6-11H2,1H3,(H,17,19)/t13-,15-/m0/s1. The third kappa shape index (κ3) is 2.89. The fourth-order valence-corrected chi connectivity index (χ4v) is 3.27. The van der Waals surface area contributed by atoms with Gasteiger partial charge in [0, 0.05) is 25.9 Å². The van der Waals surface area contributed by atoms with Gasteiger partial charge in [-0.15, -0.1) is 0 Å². The highest BCUT2D eigenvalue weighted by Gasteiger charge is 2.39. The number of fused-ring (bicyclic) bond motifs is 3. The molecule has 0 saturated carbocycles. The average Bonchev–Trinajstić information content (AvgIpc) is 2.54. The number of nitrogens with one attached hydrogen (secondary N) is 1. The van der Waals surface area contributed by atoms with E-state index in [0.29, 0.717) is 19.8 Å². The van der Waals surface area contributed by atoms with Crippen molar-refractivity contribution in [3.8, 4) is 0 Å². The molecule has 21 heavy (non-hydrogen) atoms. The van der Waals surface area contributed by atoms with E-state index in [1.54, 1.807) is 7.11 Å². The number of methoxy groups -OCH3 is 1. The first kappa shape index (κ1) is 14.4. The van der Waals surface area contributed by atoms with E-state index in [9.17, 15) is 4.79 Å². The number of anilines is 1. The fourth-order valence-electron chi connectivity index (χ4n) is 3.27. The SMILES string of the molecule is COCCNC(=O)[C@H]1Cc2ccccc2N2CCOC[C@@H]12. The second-order valence-corrected chi connectivity index (χ2v) is 5.56. The van der Waals surface area contributed by atoms with Crippen LogP contribution in [-0.2, 0) is 20.7 Å². The Labute approximate surface area is 125 Å². The number of morpholine rings is 1. The smallest absolute Gasteiger partial charge is 0.225 e. The van der Waals surface area contributed by atoms with Crippen LogP contribution >= 0.6 is 0 Å². The molecule has 5 nitrogen and oxygen atoms in total. The molecule has 0 radical (unpaired) electrons. The second kappa shape index (κ2) is 6.45. The summed E-state index contributed by atoms with van der Waals surface area (Å²) in [4.78, 5) is 14.8.